The Hall–Kier alpha value is -2.94. The lowest BCUT2D eigenvalue weighted by Gasteiger charge is -2.07. The number of anilines is 1. The fourth-order valence-electron chi connectivity index (χ4n) is 1.57. The molecule has 0 spiro atoms. The average molecular weight is 271 g/mol. The number of hydrogen-bond donors (Lipinski definition) is 2. The molecule has 0 saturated carbocycles. The largest absolute Gasteiger partial charge is 0.478 e. The van der Waals surface area contributed by atoms with Crippen LogP contribution in [-0.2, 0) is 6.54 Å². The molecule has 0 saturated heterocycles. The summed E-state index contributed by atoms with van der Waals surface area (Å²) in [4.78, 5) is 14.6. The van der Waals surface area contributed by atoms with Crippen LogP contribution in [0, 0.1) is 17.1 Å². The lowest BCUT2D eigenvalue weighted by atomic mass is 10.2. The summed E-state index contributed by atoms with van der Waals surface area (Å²) in [5.41, 5.74) is 1.18. The van der Waals surface area contributed by atoms with Crippen LogP contribution in [0.3, 0.4) is 0 Å². The van der Waals surface area contributed by atoms with Crippen LogP contribution in [0.2, 0.25) is 0 Å². The van der Waals surface area contributed by atoms with Crippen molar-refractivity contribution < 1.29 is 14.3 Å². The van der Waals surface area contributed by atoms with Crippen molar-refractivity contribution in [1.29, 1.82) is 5.26 Å². The summed E-state index contributed by atoms with van der Waals surface area (Å²) in [6.07, 6.45) is 1.24. The SMILES string of the molecule is N#Cc1ccc(NCc2ccc(C(=O)O)cn2)c(F)c1. The highest BCUT2D eigenvalue weighted by molar-refractivity contribution is 5.87. The van der Waals surface area contributed by atoms with Gasteiger partial charge in [0.1, 0.15) is 5.82 Å². The third kappa shape index (κ3) is 3.09. The summed E-state index contributed by atoms with van der Waals surface area (Å²) in [6.45, 7) is 0.253. The van der Waals surface area contributed by atoms with Gasteiger partial charge in [-0.25, -0.2) is 9.18 Å². The Balaban J connectivity index is 2.05. The maximum Gasteiger partial charge on any atom is 0.337 e. The van der Waals surface area contributed by atoms with E-state index in [-0.39, 0.29) is 23.4 Å². The van der Waals surface area contributed by atoms with Gasteiger partial charge in [-0.2, -0.15) is 5.26 Å². The van der Waals surface area contributed by atoms with E-state index in [1.807, 2.05) is 6.07 Å². The fraction of sp³-hybridized carbons (Fsp3) is 0.0714. The summed E-state index contributed by atoms with van der Waals surface area (Å²) < 4.78 is 13.6. The second-order valence-electron chi connectivity index (χ2n) is 4.00. The van der Waals surface area contributed by atoms with Gasteiger partial charge >= 0.3 is 5.97 Å². The molecule has 0 aliphatic carbocycles. The van der Waals surface area contributed by atoms with Crippen molar-refractivity contribution in [3.8, 4) is 6.07 Å². The predicted octanol–water partition coefficient (Wildman–Crippen LogP) is 2.40. The molecule has 1 heterocycles. The Morgan fingerprint density at radius 2 is 2.20 bits per heavy atom. The van der Waals surface area contributed by atoms with Gasteiger partial charge in [0.25, 0.3) is 0 Å². The number of hydrogen-bond acceptors (Lipinski definition) is 4. The van der Waals surface area contributed by atoms with E-state index in [0.29, 0.717) is 5.69 Å². The number of carboxylic acids is 1. The summed E-state index contributed by atoms with van der Waals surface area (Å²) in [5.74, 6) is -1.57. The van der Waals surface area contributed by atoms with Gasteiger partial charge in [0.2, 0.25) is 0 Å². The van der Waals surface area contributed by atoms with E-state index in [2.05, 4.69) is 10.3 Å². The standard InChI is InChI=1S/C14H10FN3O2/c15-12-5-9(6-16)1-4-13(12)18-8-11-3-2-10(7-17-11)14(19)20/h1-5,7,18H,8H2,(H,19,20). The molecule has 0 aliphatic rings. The predicted molar refractivity (Wildman–Crippen MR) is 69.6 cm³/mol. The molecule has 2 rings (SSSR count). The maximum absolute atomic E-state index is 13.6. The second-order valence-corrected chi connectivity index (χ2v) is 4.00. The first-order valence-electron chi connectivity index (χ1n) is 5.72. The number of aromatic nitrogens is 1. The zero-order chi connectivity index (χ0) is 14.5. The number of carboxylic acid groups (broad SMARTS) is 1. The number of halogens is 1. The van der Waals surface area contributed by atoms with Crippen molar-refractivity contribution in [2.75, 3.05) is 5.32 Å². The lowest BCUT2D eigenvalue weighted by molar-refractivity contribution is 0.0696. The van der Waals surface area contributed by atoms with E-state index < -0.39 is 11.8 Å². The molecule has 0 radical (unpaired) electrons. The monoisotopic (exact) mass is 271 g/mol. The minimum Gasteiger partial charge on any atom is -0.478 e. The third-order valence-corrected chi connectivity index (χ3v) is 2.63. The Labute approximate surface area is 114 Å². The summed E-state index contributed by atoms with van der Waals surface area (Å²) in [6, 6.07) is 8.96. The van der Waals surface area contributed by atoms with Gasteiger partial charge in [0.15, 0.2) is 0 Å². The molecule has 2 aromatic rings. The average Bonchev–Trinajstić information content (AvgIpc) is 2.46. The van der Waals surface area contributed by atoms with Crippen LogP contribution in [0.4, 0.5) is 10.1 Å². The van der Waals surface area contributed by atoms with Crippen molar-refractivity contribution in [1.82, 2.24) is 4.98 Å². The number of carbonyl (C=O) groups is 1. The van der Waals surface area contributed by atoms with E-state index >= 15 is 0 Å². The number of benzene rings is 1. The van der Waals surface area contributed by atoms with Crippen LogP contribution in [-0.4, -0.2) is 16.1 Å². The van der Waals surface area contributed by atoms with Crippen LogP contribution >= 0.6 is 0 Å². The molecule has 100 valence electrons. The van der Waals surface area contributed by atoms with Crippen LogP contribution in [0.25, 0.3) is 0 Å². The Morgan fingerprint density at radius 1 is 1.40 bits per heavy atom. The number of nitrogens with one attached hydrogen (secondary N) is 1. The maximum atomic E-state index is 13.6. The van der Waals surface area contributed by atoms with Crippen molar-refractivity contribution in [2.24, 2.45) is 0 Å². The van der Waals surface area contributed by atoms with Crippen molar-refractivity contribution in [2.45, 2.75) is 6.54 Å². The number of pyridine rings is 1. The highest BCUT2D eigenvalue weighted by Crippen LogP contribution is 2.16. The van der Waals surface area contributed by atoms with E-state index in [9.17, 15) is 9.18 Å². The van der Waals surface area contributed by atoms with Gasteiger partial charge in [-0.15, -0.1) is 0 Å². The van der Waals surface area contributed by atoms with Crippen LogP contribution in [0.5, 0.6) is 0 Å². The number of nitrogens with zero attached hydrogens (tertiary/aromatic N) is 2. The van der Waals surface area contributed by atoms with E-state index in [1.54, 1.807) is 6.07 Å². The molecule has 5 nitrogen and oxygen atoms in total. The van der Waals surface area contributed by atoms with Gasteiger partial charge in [-0.1, -0.05) is 0 Å². The first-order valence-corrected chi connectivity index (χ1v) is 5.72. The molecule has 6 heteroatoms. The Kier molecular flexibility index (Phi) is 3.91. The minimum absolute atomic E-state index is 0.0957. The molecule has 0 aliphatic heterocycles. The van der Waals surface area contributed by atoms with Gasteiger partial charge in [-0.05, 0) is 30.3 Å². The van der Waals surface area contributed by atoms with Crippen LogP contribution in [0.15, 0.2) is 36.5 Å². The molecule has 20 heavy (non-hydrogen) atoms. The highest BCUT2D eigenvalue weighted by Gasteiger charge is 2.05. The molecule has 0 amide bonds. The molecular formula is C14H10FN3O2. The topological polar surface area (TPSA) is 86.0 Å². The van der Waals surface area contributed by atoms with Crippen molar-refractivity contribution in [3.05, 3.63) is 59.2 Å². The Morgan fingerprint density at radius 3 is 2.75 bits per heavy atom. The normalized spacial score (nSPS) is 9.80. The van der Waals surface area contributed by atoms with Gasteiger partial charge in [0.05, 0.1) is 35.1 Å². The van der Waals surface area contributed by atoms with E-state index in [1.165, 1.54) is 24.4 Å². The lowest BCUT2D eigenvalue weighted by Crippen LogP contribution is -2.05. The first-order chi connectivity index (χ1) is 9.60. The van der Waals surface area contributed by atoms with E-state index in [4.69, 9.17) is 10.4 Å². The molecule has 1 aromatic carbocycles. The van der Waals surface area contributed by atoms with E-state index in [0.717, 1.165) is 6.07 Å². The zero-order valence-corrected chi connectivity index (χ0v) is 10.3. The fourth-order valence-corrected chi connectivity index (χ4v) is 1.57. The summed E-state index contributed by atoms with van der Waals surface area (Å²) >= 11 is 0. The Bertz CT molecular complexity index is 678. The van der Waals surface area contributed by atoms with Gasteiger partial charge in [-0.3, -0.25) is 4.98 Å². The number of nitriles is 1. The van der Waals surface area contributed by atoms with Crippen LogP contribution < -0.4 is 5.32 Å². The molecule has 2 N–H and O–H groups in total. The third-order valence-electron chi connectivity index (χ3n) is 2.63. The first kappa shape index (κ1) is 13.5. The second kappa shape index (κ2) is 5.80. The highest BCUT2D eigenvalue weighted by atomic mass is 19.1. The molecule has 0 atom stereocenters. The molecule has 0 unspecified atom stereocenters. The minimum atomic E-state index is -1.05. The zero-order valence-electron chi connectivity index (χ0n) is 10.3. The van der Waals surface area contributed by atoms with Crippen molar-refractivity contribution in [3.63, 3.8) is 0 Å². The number of rotatable bonds is 4. The quantitative estimate of drug-likeness (QED) is 0.891. The van der Waals surface area contributed by atoms with Gasteiger partial charge < -0.3 is 10.4 Å². The van der Waals surface area contributed by atoms with Crippen molar-refractivity contribution >= 4 is 11.7 Å². The summed E-state index contributed by atoms with van der Waals surface area (Å²) in [7, 11) is 0. The molecular weight excluding hydrogens is 261 g/mol. The summed E-state index contributed by atoms with van der Waals surface area (Å²) in [5, 5.41) is 20.2. The van der Waals surface area contributed by atoms with Gasteiger partial charge in [0, 0.05) is 6.20 Å². The number of aromatic carboxylic acids is 1. The smallest absolute Gasteiger partial charge is 0.337 e. The van der Waals surface area contributed by atoms with Crippen LogP contribution in [0.1, 0.15) is 21.6 Å². The molecule has 0 fully saturated rings. The molecule has 0 bridgehead atoms. The molecule has 1 aromatic heterocycles.